The molecule has 1 N–H and O–H groups in total. The summed E-state index contributed by atoms with van der Waals surface area (Å²) in [7, 11) is 1.78. The number of halogens is 5. The maximum atomic E-state index is 13.9. The number of hydrogen-bond acceptors (Lipinski definition) is 0. The Kier molecular flexibility index (Phi) is 4.60. The van der Waals surface area contributed by atoms with Crippen molar-refractivity contribution in [3.8, 4) is 0 Å². The maximum Gasteiger partial charge on any atom is 0.416 e. The third-order valence-corrected chi connectivity index (χ3v) is 6.52. The SMILES string of the molecule is Cn1cc(C(Cl)(c2ccc(C(F)(F)F)cc2)c2c[nH]c3ccccc23)c2ccc(F)cc21. The third-order valence-electron chi connectivity index (χ3n) is 5.89. The predicted molar refractivity (Wildman–Crippen MR) is 118 cm³/mol. The molecule has 5 rings (SSSR count). The van der Waals surface area contributed by atoms with Crippen molar-refractivity contribution in [2.75, 3.05) is 0 Å². The number of para-hydroxylation sites is 1. The summed E-state index contributed by atoms with van der Waals surface area (Å²) >= 11 is 7.43. The first-order valence-electron chi connectivity index (χ1n) is 9.88. The molecule has 0 amide bonds. The fourth-order valence-corrected chi connectivity index (χ4v) is 4.77. The van der Waals surface area contributed by atoms with Crippen LogP contribution < -0.4 is 0 Å². The normalized spacial score (nSPS) is 14.2. The van der Waals surface area contributed by atoms with E-state index in [1.165, 1.54) is 24.3 Å². The topological polar surface area (TPSA) is 20.7 Å². The molecule has 2 nitrogen and oxygen atoms in total. The van der Waals surface area contributed by atoms with Gasteiger partial charge in [-0.25, -0.2) is 4.39 Å². The summed E-state index contributed by atoms with van der Waals surface area (Å²) in [5.41, 5.74) is 2.57. The second kappa shape index (κ2) is 7.14. The lowest BCUT2D eigenvalue weighted by Crippen LogP contribution is -2.22. The number of nitrogens with zero attached hydrogens (tertiary/aromatic N) is 1. The minimum absolute atomic E-state index is 0.382. The Morgan fingerprint density at radius 2 is 1.53 bits per heavy atom. The molecule has 2 aromatic heterocycles. The van der Waals surface area contributed by atoms with Gasteiger partial charge < -0.3 is 9.55 Å². The van der Waals surface area contributed by atoms with Gasteiger partial charge in [0.05, 0.1) is 11.1 Å². The molecule has 32 heavy (non-hydrogen) atoms. The highest BCUT2D eigenvalue weighted by molar-refractivity contribution is 6.30. The monoisotopic (exact) mass is 456 g/mol. The highest BCUT2D eigenvalue weighted by Crippen LogP contribution is 2.49. The molecule has 0 fully saturated rings. The van der Waals surface area contributed by atoms with Gasteiger partial charge in [0.1, 0.15) is 10.7 Å². The van der Waals surface area contributed by atoms with Gasteiger partial charge in [-0.15, -0.1) is 11.6 Å². The molecule has 1 unspecified atom stereocenters. The Hall–Kier alpha value is -3.25. The van der Waals surface area contributed by atoms with E-state index >= 15 is 0 Å². The average molecular weight is 457 g/mol. The second-order valence-electron chi connectivity index (χ2n) is 7.80. The van der Waals surface area contributed by atoms with Gasteiger partial charge in [0.2, 0.25) is 0 Å². The first kappa shape index (κ1) is 20.6. The van der Waals surface area contributed by atoms with E-state index in [2.05, 4.69) is 4.98 Å². The number of benzene rings is 3. The van der Waals surface area contributed by atoms with Crippen molar-refractivity contribution >= 4 is 33.4 Å². The van der Waals surface area contributed by atoms with Crippen LogP contribution in [0.2, 0.25) is 0 Å². The summed E-state index contributed by atoms with van der Waals surface area (Å²) < 4.78 is 55.3. The minimum atomic E-state index is -4.45. The first-order chi connectivity index (χ1) is 15.2. The molecule has 0 aliphatic carbocycles. The standard InChI is InChI=1S/C25H17ClF4N2/c1-32-14-21(19-11-10-17(27)12-23(19)32)24(26,15-6-8-16(9-7-15)25(28,29)30)20-13-31-22-5-3-2-4-18(20)22/h2-14,31H,1H3. The lowest BCUT2D eigenvalue weighted by Gasteiger charge is -2.28. The Bertz CT molecular complexity index is 1450. The molecule has 0 saturated carbocycles. The summed E-state index contributed by atoms with van der Waals surface area (Å²) in [5.74, 6) is -0.382. The summed E-state index contributed by atoms with van der Waals surface area (Å²) in [6, 6.07) is 16.9. The molecule has 0 aliphatic heterocycles. The molecular formula is C25H17ClF4N2. The zero-order chi connectivity index (χ0) is 22.7. The summed E-state index contributed by atoms with van der Waals surface area (Å²) in [5, 5.41) is 1.57. The van der Waals surface area contributed by atoms with Crippen LogP contribution in [0.5, 0.6) is 0 Å². The number of hydrogen-bond donors (Lipinski definition) is 1. The van der Waals surface area contributed by atoms with E-state index in [1.54, 1.807) is 30.1 Å². The largest absolute Gasteiger partial charge is 0.416 e. The second-order valence-corrected chi connectivity index (χ2v) is 8.36. The molecule has 7 heteroatoms. The van der Waals surface area contributed by atoms with Gasteiger partial charge in [-0.1, -0.05) is 30.3 Å². The summed E-state index contributed by atoms with van der Waals surface area (Å²) in [6.45, 7) is 0. The van der Waals surface area contributed by atoms with Crippen LogP contribution in [0.3, 0.4) is 0 Å². The van der Waals surface area contributed by atoms with Crippen LogP contribution in [0.25, 0.3) is 21.8 Å². The lowest BCUT2D eigenvalue weighted by molar-refractivity contribution is -0.137. The number of alkyl halides is 4. The Labute approximate surface area is 186 Å². The molecule has 162 valence electrons. The first-order valence-corrected chi connectivity index (χ1v) is 10.3. The minimum Gasteiger partial charge on any atom is -0.361 e. The van der Waals surface area contributed by atoms with Crippen molar-refractivity contribution < 1.29 is 17.6 Å². The fraction of sp³-hybridized carbons (Fsp3) is 0.120. The average Bonchev–Trinajstić information content (AvgIpc) is 3.35. The van der Waals surface area contributed by atoms with E-state index in [1.807, 2.05) is 24.3 Å². The molecule has 0 radical (unpaired) electrons. The Morgan fingerprint density at radius 3 is 2.25 bits per heavy atom. The van der Waals surface area contributed by atoms with E-state index in [9.17, 15) is 17.6 Å². The van der Waals surface area contributed by atoms with Gasteiger partial charge in [-0.05, 0) is 42.0 Å². The van der Waals surface area contributed by atoms with Crippen molar-refractivity contribution in [2.45, 2.75) is 11.1 Å². The Balaban J connectivity index is 1.83. The van der Waals surface area contributed by atoms with E-state index < -0.39 is 16.6 Å². The lowest BCUT2D eigenvalue weighted by atomic mass is 9.83. The third kappa shape index (κ3) is 3.09. The summed E-state index contributed by atoms with van der Waals surface area (Å²) in [4.78, 5) is 1.88. The van der Waals surface area contributed by atoms with Crippen LogP contribution in [0, 0.1) is 5.82 Å². The number of fused-ring (bicyclic) bond motifs is 2. The van der Waals surface area contributed by atoms with Gasteiger partial charge in [0.15, 0.2) is 0 Å². The van der Waals surface area contributed by atoms with Crippen LogP contribution in [0.15, 0.2) is 79.1 Å². The van der Waals surface area contributed by atoms with Crippen molar-refractivity contribution in [2.24, 2.45) is 7.05 Å². The molecule has 0 bridgehead atoms. The predicted octanol–water partition coefficient (Wildman–Crippen LogP) is 7.35. The number of aromatic nitrogens is 2. The van der Waals surface area contributed by atoms with E-state index in [4.69, 9.17) is 11.6 Å². The molecule has 3 aromatic carbocycles. The Morgan fingerprint density at radius 1 is 0.844 bits per heavy atom. The van der Waals surface area contributed by atoms with Crippen molar-refractivity contribution in [1.82, 2.24) is 9.55 Å². The number of nitrogens with one attached hydrogen (secondary N) is 1. The van der Waals surface area contributed by atoms with Gasteiger partial charge in [0.25, 0.3) is 0 Å². The van der Waals surface area contributed by atoms with Crippen LogP contribution in [-0.4, -0.2) is 9.55 Å². The quantitative estimate of drug-likeness (QED) is 0.216. The van der Waals surface area contributed by atoms with Crippen LogP contribution in [0.1, 0.15) is 22.3 Å². The molecule has 5 aromatic rings. The zero-order valence-corrected chi connectivity index (χ0v) is 17.6. The zero-order valence-electron chi connectivity index (χ0n) is 16.8. The molecule has 0 saturated heterocycles. The number of rotatable bonds is 3. The molecule has 0 aliphatic rings. The van der Waals surface area contributed by atoms with Gasteiger partial charge >= 0.3 is 6.18 Å². The van der Waals surface area contributed by atoms with E-state index in [-0.39, 0.29) is 5.82 Å². The molecule has 2 heterocycles. The van der Waals surface area contributed by atoms with E-state index in [0.717, 1.165) is 23.0 Å². The fourth-order valence-electron chi connectivity index (χ4n) is 4.33. The number of aryl methyl sites for hydroxylation is 1. The molecule has 0 spiro atoms. The molecular weight excluding hydrogens is 440 g/mol. The van der Waals surface area contributed by atoms with Gasteiger partial charge in [0, 0.05) is 46.9 Å². The molecule has 1 atom stereocenters. The van der Waals surface area contributed by atoms with Gasteiger partial charge in [-0.2, -0.15) is 13.2 Å². The van der Waals surface area contributed by atoms with Crippen LogP contribution in [-0.2, 0) is 18.1 Å². The van der Waals surface area contributed by atoms with Crippen LogP contribution in [0.4, 0.5) is 17.6 Å². The maximum absolute atomic E-state index is 13.9. The summed E-state index contributed by atoms with van der Waals surface area (Å²) in [6.07, 6.45) is -0.875. The van der Waals surface area contributed by atoms with Crippen LogP contribution >= 0.6 is 11.6 Å². The van der Waals surface area contributed by atoms with E-state index in [0.29, 0.717) is 27.6 Å². The number of aromatic amines is 1. The number of H-pyrrole nitrogens is 1. The van der Waals surface area contributed by atoms with Crippen molar-refractivity contribution in [1.29, 1.82) is 0 Å². The van der Waals surface area contributed by atoms with Crippen molar-refractivity contribution in [3.05, 3.63) is 107 Å². The highest BCUT2D eigenvalue weighted by Gasteiger charge is 2.39. The highest BCUT2D eigenvalue weighted by atomic mass is 35.5. The smallest absolute Gasteiger partial charge is 0.361 e. The van der Waals surface area contributed by atoms with Gasteiger partial charge in [-0.3, -0.25) is 0 Å². The van der Waals surface area contributed by atoms with Crippen molar-refractivity contribution in [3.63, 3.8) is 0 Å².